The van der Waals surface area contributed by atoms with Gasteiger partial charge in [0.25, 0.3) is 11.8 Å². The molecule has 1 heterocycles. The SMILES string of the molecule is C[C@@H](NC(=O)COC(=O)CCCN1C(=O)NC(C)(C)C1=O)c1cccc2ccccc12. The van der Waals surface area contributed by atoms with Crippen molar-refractivity contribution in [3.8, 4) is 0 Å². The maximum absolute atomic E-state index is 12.2. The molecule has 0 bridgehead atoms. The first-order valence-electron chi connectivity index (χ1n) is 10.3. The van der Waals surface area contributed by atoms with Gasteiger partial charge in [-0.3, -0.25) is 19.3 Å². The average molecular weight is 425 g/mol. The van der Waals surface area contributed by atoms with E-state index in [2.05, 4.69) is 10.6 Å². The third-order valence-electron chi connectivity index (χ3n) is 5.24. The van der Waals surface area contributed by atoms with Crippen LogP contribution in [0.1, 0.15) is 45.2 Å². The largest absolute Gasteiger partial charge is 0.456 e. The van der Waals surface area contributed by atoms with Crippen molar-refractivity contribution in [1.82, 2.24) is 15.5 Å². The topological polar surface area (TPSA) is 105 Å². The van der Waals surface area contributed by atoms with Gasteiger partial charge in [-0.1, -0.05) is 42.5 Å². The third kappa shape index (κ3) is 5.20. The summed E-state index contributed by atoms with van der Waals surface area (Å²) in [5.74, 6) is -1.28. The summed E-state index contributed by atoms with van der Waals surface area (Å²) in [5.41, 5.74) is 0.0467. The molecule has 3 rings (SSSR count). The lowest BCUT2D eigenvalue weighted by molar-refractivity contribution is -0.149. The molecule has 0 aromatic heterocycles. The summed E-state index contributed by atoms with van der Waals surface area (Å²) in [6, 6.07) is 13.1. The number of rotatable bonds is 8. The van der Waals surface area contributed by atoms with Crippen LogP contribution in [0, 0.1) is 0 Å². The van der Waals surface area contributed by atoms with E-state index in [1.54, 1.807) is 13.8 Å². The van der Waals surface area contributed by atoms with Crippen molar-refractivity contribution in [2.24, 2.45) is 0 Å². The molecule has 1 aliphatic rings. The highest BCUT2D eigenvalue weighted by Crippen LogP contribution is 2.24. The number of amides is 4. The van der Waals surface area contributed by atoms with Crippen molar-refractivity contribution in [2.75, 3.05) is 13.2 Å². The van der Waals surface area contributed by atoms with E-state index in [0.29, 0.717) is 0 Å². The molecule has 4 amide bonds. The maximum Gasteiger partial charge on any atom is 0.325 e. The lowest BCUT2D eigenvalue weighted by Crippen LogP contribution is -2.40. The maximum atomic E-state index is 12.2. The number of nitrogens with zero attached hydrogens (tertiary/aromatic N) is 1. The fraction of sp³-hybridized carbons (Fsp3) is 0.391. The summed E-state index contributed by atoms with van der Waals surface area (Å²) in [5, 5.41) is 7.56. The Morgan fingerprint density at radius 3 is 2.55 bits per heavy atom. The highest BCUT2D eigenvalue weighted by Gasteiger charge is 2.43. The fourth-order valence-corrected chi connectivity index (χ4v) is 3.61. The van der Waals surface area contributed by atoms with Crippen molar-refractivity contribution >= 4 is 34.6 Å². The number of esters is 1. The quantitative estimate of drug-likeness (QED) is 0.500. The van der Waals surface area contributed by atoms with Crippen LogP contribution in [-0.2, 0) is 19.1 Å². The number of fused-ring (bicyclic) bond motifs is 1. The summed E-state index contributed by atoms with van der Waals surface area (Å²) < 4.78 is 5.03. The van der Waals surface area contributed by atoms with E-state index in [1.165, 1.54) is 0 Å². The first kappa shape index (κ1) is 22.3. The Kier molecular flexibility index (Phi) is 6.58. The first-order valence-corrected chi connectivity index (χ1v) is 10.3. The molecule has 0 spiro atoms. The Hall–Kier alpha value is -3.42. The zero-order valence-electron chi connectivity index (χ0n) is 17.9. The van der Waals surface area contributed by atoms with Crippen LogP contribution < -0.4 is 10.6 Å². The third-order valence-corrected chi connectivity index (χ3v) is 5.24. The molecule has 8 nitrogen and oxygen atoms in total. The molecule has 2 aromatic carbocycles. The second-order valence-corrected chi connectivity index (χ2v) is 8.13. The molecule has 0 unspecified atom stereocenters. The molecule has 31 heavy (non-hydrogen) atoms. The normalized spacial score (nSPS) is 16.2. The summed E-state index contributed by atoms with van der Waals surface area (Å²) in [6.45, 7) is 4.86. The number of carbonyl (C=O) groups excluding carboxylic acids is 4. The predicted octanol–water partition coefficient (Wildman–Crippen LogP) is 2.67. The van der Waals surface area contributed by atoms with E-state index in [4.69, 9.17) is 4.74 Å². The Morgan fingerprint density at radius 2 is 1.84 bits per heavy atom. The van der Waals surface area contributed by atoms with Gasteiger partial charge in [0.05, 0.1) is 6.04 Å². The van der Waals surface area contributed by atoms with Crippen molar-refractivity contribution in [1.29, 1.82) is 0 Å². The predicted molar refractivity (Wildman–Crippen MR) is 115 cm³/mol. The molecule has 0 saturated carbocycles. The van der Waals surface area contributed by atoms with Gasteiger partial charge in [0.1, 0.15) is 5.54 Å². The van der Waals surface area contributed by atoms with Crippen LogP contribution in [0.25, 0.3) is 10.8 Å². The zero-order chi connectivity index (χ0) is 22.6. The Balaban J connectivity index is 1.43. The second kappa shape index (κ2) is 9.16. The molecule has 1 saturated heterocycles. The average Bonchev–Trinajstić information content (AvgIpc) is 2.93. The van der Waals surface area contributed by atoms with Gasteiger partial charge >= 0.3 is 12.0 Å². The highest BCUT2D eigenvalue weighted by atomic mass is 16.5. The molecule has 0 radical (unpaired) electrons. The van der Waals surface area contributed by atoms with Gasteiger partial charge in [-0.15, -0.1) is 0 Å². The van der Waals surface area contributed by atoms with Crippen molar-refractivity contribution in [3.63, 3.8) is 0 Å². The molecule has 1 aliphatic heterocycles. The summed E-state index contributed by atoms with van der Waals surface area (Å²) in [4.78, 5) is 49.2. The minimum atomic E-state index is -0.934. The van der Waals surface area contributed by atoms with Crippen LogP contribution in [0.4, 0.5) is 4.79 Å². The monoisotopic (exact) mass is 425 g/mol. The van der Waals surface area contributed by atoms with Crippen LogP contribution in [-0.4, -0.2) is 47.4 Å². The summed E-state index contributed by atoms with van der Waals surface area (Å²) >= 11 is 0. The Bertz CT molecular complexity index is 1010. The van der Waals surface area contributed by atoms with Gasteiger partial charge in [-0.25, -0.2) is 4.79 Å². The fourth-order valence-electron chi connectivity index (χ4n) is 3.61. The van der Waals surface area contributed by atoms with E-state index < -0.39 is 23.4 Å². The molecular weight excluding hydrogens is 398 g/mol. The van der Waals surface area contributed by atoms with Crippen molar-refractivity contribution in [2.45, 2.75) is 45.2 Å². The van der Waals surface area contributed by atoms with Crippen LogP contribution in [0.15, 0.2) is 42.5 Å². The second-order valence-electron chi connectivity index (χ2n) is 8.13. The Morgan fingerprint density at radius 1 is 1.13 bits per heavy atom. The summed E-state index contributed by atoms with van der Waals surface area (Å²) in [6.07, 6.45) is 0.270. The molecule has 1 atom stereocenters. The minimum Gasteiger partial charge on any atom is -0.456 e. The molecule has 2 aromatic rings. The molecule has 164 valence electrons. The van der Waals surface area contributed by atoms with E-state index in [1.807, 2.05) is 49.4 Å². The number of nitrogens with one attached hydrogen (secondary N) is 2. The van der Waals surface area contributed by atoms with Crippen LogP contribution in [0.3, 0.4) is 0 Å². The Labute approximate surface area is 180 Å². The number of urea groups is 1. The number of benzene rings is 2. The van der Waals surface area contributed by atoms with Crippen LogP contribution in [0.5, 0.6) is 0 Å². The highest BCUT2D eigenvalue weighted by molar-refractivity contribution is 6.06. The van der Waals surface area contributed by atoms with E-state index >= 15 is 0 Å². The zero-order valence-corrected chi connectivity index (χ0v) is 17.9. The van der Waals surface area contributed by atoms with Crippen LogP contribution >= 0.6 is 0 Å². The van der Waals surface area contributed by atoms with E-state index in [-0.39, 0.29) is 37.9 Å². The first-order chi connectivity index (χ1) is 14.7. The molecule has 2 N–H and O–H groups in total. The van der Waals surface area contributed by atoms with E-state index in [9.17, 15) is 19.2 Å². The van der Waals surface area contributed by atoms with Gasteiger partial charge in [-0.05, 0) is 43.5 Å². The van der Waals surface area contributed by atoms with E-state index in [0.717, 1.165) is 21.2 Å². The van der Waals surface area contributed by atoms with Gasteiger partial charge in [-0.2, -0.15) is 0 Å². The number of ether oxygens (including phenoxy) is 1. The standard InChI is InChI=1S/C23H27N3O5/c1-15(17-11-6-9-16-8-4-5-10-18(16)17)24-19(27)14-31-20(28)12-7-13-26-21(29)23(2,3)25-22(26)30/h4-6,8-11,15H,7,12-14H2,1-3H3,(H,24,27)(H,25,30)/t15-/m1/s1. The number of imide groups is 1. The summed E-state index contributed by atoms with van der Waals surface area (Å²) in [7, 11) is 0. The molecule has 0 aliphatic carbocycles. The van der Waals surface area contributed by atoms with Gasteiger partial charge in [0.15, 0.2) is 6.61 Å². The number of hydrogen-bond donors (Lipinski definition) is 2. The van der Waals surface area contributed by atoms with Crippen molar-refractivity contribution < 1.29 is 23.9 Å². The lowest BCUT2D eigenvalue weighted by atomic mass is 10.00. The van der Waals surface area contributed by atoms with Gasteiger partial charge < -0.3 is 15.4 Å². The molecule has 1 fully saturated rings. The minimum absolute atomic E-state index is 0.00362. The van der Waals surface area contributed by atoms with Gasteiger partial charge in [0.2, 0.25) is 0 Å². The lowest BCUT2D eigenvalue weighted by Gasteiger charge is -2.17. The molecular formula is C23H27N3O5. The number of carbonyl (C=O) groups is 4. The number of hydrogen-bond acceptors (Lipinski definition) is 5. The van der Waals surface area contributed by atoms with Crippen LogP contribution in [0.2, 0.25) is 0 Å². The van der Waals surface area contributed by atoms with Crippen molar-refractivity contribution in [3.05, 3.63) is 48.0 Å². The van der Waals surface area contributed by atoms with Gasteiger partial charge in [0, 0.05) is 13.0 Å². The smallest absolute Gasteiger partial charge is 0.325 e. The molecule has 8 heteroatoms.